The van der Waals surface area contributed by atoms with E-state index in [2.05, 4.69) is 15.1 Å². The van der Waals surface area contributed by atoms with Crippen LogP contribution in [0.5, 0.6) is 0 Å². The zero-order valence-corrected chi connectivity index (χ0v) is 11.7. The molecule has 0 saturated carbocycles. The van der Waals surface area contributed by atoms with Gasteiger partial charge in [-0.05, 0) is 58.2 Å². The Morgan fingerprint density at radius 3 is 2.67 bits per heavy atom. The van der Waals surface area contributed by atoms with Gasteiger partial charge in [-0.1, -0.05) is 0 Å². The molecule has 4 heteroatoms. The largest absolute Gasteiger partial charge is 0.342 e. The molecule has 1 unspecified atom stereocenters. The van der Waals surface area contributed by atoms with E-state index in [1.807, 2.05) is 7.05 Å². The predicted octanol–water partition coefficient (Wildman–Crippen LogP) is 0.930. The van der Waals surface area contributed by atoms with Gasteiger partial charge in [0, 0.05) is 19.6 Å². The highest BCUT2D eigenvalue weighted by molar-refractivity contribution is 5.78. The summed E-state index contributed by atoms with van der Waals surface area (Å²) in [6.45, 7) is 5.86. The quantitative estimate of drug-likeness (QED) is 0.809. The van der Waals surface area contributed by atoms with Crippen LogP contribution in [0.4, 0.5) is 0 Å². The third-order valence-electron chi connectivity index (χ3n) is 4.16. The van der Waals surface area contributed by atoms with Crippen molar-refractivity contribution in [3.63, 3.8) is 0 Å². The van der Waals surface area contributed by atoms with Crippen molar-refractivity contribution in [2.75, 3.05) is 46.3 Å². The summed E-state index contributed by atoms with van der Waals surface area (Å²) < 4.78 is 0. The van der Waals surface area contributed by atoms with Crippen LogP contribution in [0.15, 0.2) is 0 Å². The Morgan fingerprint density at radius 1 is 1.17 bits per heavy atom. The van der Waals surface area contributed by atoms with Gasteiger partial charge in [0.05, 0.1) is 6.54 Å². The summed E-state index contributed by atoms with van der Waals surface area (Å²) in [6.07, 6.45) is 6.20. The summed E-state index contributed by atoms with van der Waals surface area (Å²) in [5, 5.41) is 3.25. The molecule has 0 spiro atoms. The lowest BCUT2D eigenvalue weighted by Crippen LogP contribution is -2.46. The number of piperidine rings is 2. The van der Waals surface area contributed by atoms with Gasteiger partial charge in [-0.25, -0.2) is 0 Å². The number of likely N-dealkylation sites (tertiary alicyclic amines) is 2. The van der Waals surface area contributed by atoms with E-state index in [9.17, 15) is 4.79 Å². The molecule has 2 fully saturated rings. The Morgan fingerprint density at radius 2 is 1.94 bits per heavy atom. The Kier molecular flexibility index (Phi) is 5.45. The smallest absolute Gasteiger partial charge is 0.236 e. The number of amides is 1. The highest BCUT2D eigenvalue weighted by Gasteiger charge is 2.23. The van der Waals surface area contributed by atoms with Crippen LogP contribution in [0.2, 0.25) is 0 Å². The SMILES string of the molecule is CNCC1CCCN(CC(=O)N2CCCCC2)C1. The second kappa shape index (κ2) is 7.10. The van der Waals surface area contributed by atoms with Crippen molar-refractivity contribution >= 4 is 5.91 Å². The van der Waals surface area contributed by atoms with E-state index in [1.165, 1.54) is 32.1 Å². The number of nitrogens with zero attached hydrogens (tertiary/aromatic N) is 2. The molecule has 0 aliphatic carbocycles. The molecule has 1 atom stereocenters. The molecule has 0 radical (unpaired) electrons. The molecule has 0 aromatic rings. The van der Waals surface area contributed by atoms with Gasteiger partial charge in [0.25, 0.3) is 0 Å². The van der Waals surface area contributed by atoms with Gasteiger partial charge >= 0.3 is 0 Å². The van der Waals surface area contributed by atoms with Crippen LogP contribution in [-0.4, -0.2) is 62.0 Å². The number of rotatable bonds is 4. The maximum absolute atomic E-state index is 12.2. The first-order valence-electron chi connectivity index (χ1n) is 7.44. The van der Waals surface area contributed by atoms with Crippen LogP contribution in [0.25, 0.3) is 0 Å². The van der Waals surface area contributed by atoms with Crippen molar-refractivity contribution in [2.45, 2.75) is 32.1 Å². The molecular formula is C14H27N3O. The van der Waals surface area contributed by atoms with Gasteiger partial charge in [-0.2, -0.15) is 0 Å². The molecule has 0 aromatic carbocycles. The van der Waals surface area contributed by atoms with Crippen LogP contribution >= 0.6 is 0 Å². The summed E-state index contributed by atoms with van der Waals surface area (Å²) in [5.41, 5.74) is 0. The minimum Gasteiger partial charge on any atom is -0.342 e. The minimum atomic E-state index is 0.347. The monoisotopic (exact) mass is 253 g/mol. The van der Waals surface area contributed by atoms with Crippen molar-refractivity contribution in [1.29, 1.82) is 0 Å². The summed E-state index contributed by atoms with van der Waals surface area (Å²) in [4.78, 5) is 16.6. The lowest BCUT2D eigenvalue weighted by molar-refractivity contribution is -0.133. The van der Waals surface area contributed by atoms with Gasteiger partial charge in [0.15, 0.2) is 0 Å². The Labute approximate surface area is 111 Å². The van der Waals surface area contributed by atoms with Crippen molar-refractivity contribution in [1.82, 2.24) is 15.1 Å². The van der Waals surface area contributed by atoms with Gasteiger partial charge < -0.3 is 10.2 Å². The van der Waals surface area contributed by atoms with E-state index in [-0.39, 0.29) is 0 Å². The molecule has 0 bridgehead atoms. The van der Waals surface area contributed by atoms with Gasteiger partial charge in [0.1, 0.15) is 0 Å². The molecule has 2 aliphatic heterocycles. The molecule has 2 saturated heterocycles. The van der Waals surface area contributed by atoms with E-state index in [4.69, 9.17) is 0 Å². The first kappa shape index (κ1) is 13.8. The van der Waals surface area contributed by atoms with Crippen LogP contribution in [0.3, 0.4) is 0 Å². The summed E-state index contributed by atoms with van der Waals surface area (Å²) in [5.74, 6) is 1.07. The van der Waals surface area contributed by atoms with E-state index in [0.29, 0.717) is 12.5 Å². The molecule has 0 aromatic heterocycles. The number of carbonyl (C=O) groups excluding carboxylic acids is 1. The third kappa shape index (κ3) is 3.95. The lowest BCUT2D eigenvalue weighted by atomic mass is 9.98. The fourth-order valence-electron chi connectivity index (χ4n) is 3.18. The number of hydrogen-bond donors (Lipinski definition) is 1. The normalized spacial score (nSPS) is 26.3. The van der Waals surface area contributed by atoms with Gasteiger partial charge in [-0.3, -0.25) is 9.69 Å². The van der Waals surface area contributed by atoms with Crippen molar-refractivity contribution in [2.24, 2.45) is 5.92 Å². The van der Waals surface area contributed by atoms with Crippen molar-refractivity contribution < 1.29 is 4.79 Å². The molecule has 1 amide bonds. The van der Waals surface area contributed by atoms with Crippen LogP contribution in [0.1, 0.15) is 32.1 Å². The third-order valence-corrected chi connectivity index (χ3v) is 4.16. The molecule has 1 N–H and O–H groups in total. The molecule has 104 valence electrons. The molecule has 2 rings (SSSR count). The highest BCUT2D eigenvalue weighted by Crippen LogP contribution is 2.16. The van der Waals surface area contributed by atoms with Crippen LogP contribution in [-0.2, 0) is 4.79 Å². The molecule has 2 heterocycles. The maximum atomic E-state index is 12.2. The molecular weight excluding hydrogens is 226 g/mol. The standard InChI is InChI=1S/C14H27N3O/c1-15-10-13-6-5-7-16(11-13)12-14(18)17-8-3-2-4-9-17/h13,15H,2-12H2,1H3. The Balaban J connectivity index is 1.75. The summed E-state index contributed by atoms with van der Waals surface area (Å²) in [6, 6.07) is 0. The van der Waals surface area contributed by atoms with Crippen LogP contribution < -0.4 is 5.32 Å². The molecule has 18 heavy (non-hydrogen) atoms. The fraction of sp³-hybridized carbons (Fsp3) is 0.929. The average molecular weight is 253 g/mol. The minimum absolute atomic E-state index is 0.347. The second-order valence-electron chi connectivity index (χ2n) is 5.74. The van der Waals surface area contributed by atoms with Gasteiger partial charge in [-0.15, -0.1) is 0 Å². The zero-order chi connectivity index (χ0) is 12.8. The predicted molar refractivity (Wildman–Crippen MR) is 73.5 cm³/mol. The summed E-state index contributed by atoms with van der Waals surface area (Å²) >= 11 is 0. The van der Waals surface area contributed by atoms with Gasteiger partial charge in [0.2, 0.25) is 5.91 Å². The Bertz CT molecular complexity index is 262. The number of hydrogen-bond acceptors (Lipinski definition) is 3. The van der Waals surface area contributed by atoms with E-state index < -0.39 is 0 Å². The first-order chi connectivity index (χ1) is 8.79. The second-order valence-corrected chi connectivity index (χ2v) is 5.74. The zero-order valence-electron chi connectivity index (χ0n) is 11.7. The maximum Gasteiger partial charge on any atom is 0.236 e. The summed E-state index contributed by atoms with van der Waals surface area (Å²) in [7, 11) is 2.01. The number of nitrogens with one attached hydrogen (secondary N) is 1. The molecule has 2 aliphatic rings. The topological polar surface area (TPSA) is 35.6 Å². The van der Waals surface area contributed by atoms with E-state index >= 15 is 0 Å². The fourth-order valence-corrected chi connectivity index (χ4v) is 3.18. The van der Waals surface area contributed by atoms with E-state index in [0.717, 1.165) is 38.6 Å². The van der Waals surface area contributed by atoms with E-state index in [1.54, 1.807) is 0 Å². The Hall–Kier alpha value is -0.610. The number of carbonyl (C=O) groups is 1. The van der Waals surface area contributed by atoms with Crippen LogP contribution in [0, 0.1) is 5.92 Å². The lowest BCUT2D eigenvalue weighted by Gasteiger charge is -2.34. The highest BCUT2D eigenvalue weighted by atomic mass is 16.2. The van der Waals surface area contributed by atoms with Crippen molar-refractivity contribution in [3.05, 3.63) is 0 Å². The first-order valence-corrected chi connectivity index (χ1v) is 7.44. The average Bonchev–Trinajstić information content (AvgIpc) is 2.40. The van der Waals surface area contributed by atoms with Crippen molar-refractivity contribution in [3.8, 4) is 0 Å². The molecule has 4 nitrogen and oxygen atoms in total.